The van der Waals surface area contributed by atoms with Gasteiger partial charge in [-0.25, -0.2) is 9.37 Å². The summed E-state index contributed by atoms with van der Waals surface area (Å²) >= 11 is 0. The SMILES string of the molecule is Nc1c(F)c(N2CCCOCC2)cc2[nH]c(-c3cc4ccccc4[nH]c3=O)nc12. The zero-order valence-electron chi connectivity index (χ0n) is 15.7. The number of aromatic amines is 2. The lowest BCUT2D eigenvalue weighted by molar-refractivity contribution is 0.152. The van der Waals surface area contributed by atoms with Crippen LogP contribution >= 0.6 is 0 Å². The normalized spacial score (nSPS) is 15.1. The van der Waals surface area contributed by atoms with E-state index < -0.39 is 5.82 Å². The lowest BCUT2D eigenvalue weighted by atomic mass is 10.1. The average molecular weight is 393 g/mol. The molecular formula is C21H20FN5O2. The highest BCUT2D eigenvalue weighted by Gasteiger charge is 2.21. The molecule has 0 radical (unpaired) electrons. The Morgan fingerprint density at radius 1 is 1.10 bits per heavy atom. The number of imidazole rings is 1. The number of halogens is 1. The van der Waals surface area contributed by atoms with E-state index in [0.29, 0.717) is 54.4 Å². The Morgan fingerprint density at radius 3 is 2.86 bits per heavy atom. The molecule has 1 saturated heterocycles. The number of pyridine rings is 1. The van der Waals surface area contributed by atoms with Crippen LogP contribution in [0, 0.1) is 5.82 Å². The van der Waals surface area contributed by atoms with E-state index in [2.05, 4.69) is 15.0 Å². The zero-order chi connectivity index (χ0) is 20.0. The number of H-pyrrole nitrogens is 2. The second kappa shape index (κ2) is 6.89. The molecule has 4 aromatic rings. The molecule has 0 aliphatic carbocycles. The van der Waals surface area contributed by atoms with Gasteiger partial charge in [0.1, 0.15) is 11.3 Å². The van der Waals surface area contributed by atoms with Crippen molar-refractivity contribution in [2.24, 2.45) is 0 Å². The number of nitrogens with two attached hydrogens (primary N) is 1. The number of ether oxygens (including phenoxy) is 1. The summed E-state index contributed by atoms with van der Waals surface area (Å²) in [5, 5.41) is 0.881. The Morgan fingerprint density at radius 2 is 1.97 bits per heavy atom. The van der Waals surface area contributed by atoms with Gasteiger partial charge in [-0.1, -0.05) is 18.2 Å². The maximum Gasteiger partial charge on any atom is 0.259 e. The van der Waals surface area contributed by atoms with Gasteiger partial charge in [0.2, 0.25) is 0 Å². The van der Waals surface area contributed by atoms with Crippen molar-refractivity contribution in [2.75, 3.05) is 36.9 Å². The molecule has 2 aromatic heterocycles. The van der Waals surface area contributed by atoms with E-state index in [-0.39, 0.29) is 11.2 Å². The summed E-state index contributed by atoms with van der Waals surface area (Å²) in [4.78, 5) is 24.9. The van der Waals surface area contributed by atoms with Crippen molar-refractivity contribution in [1.29, 1.82) is 0 Å². The largest absolute Gasteiger partial charge is 0.394 e. The first kappa shape index (κ1) is 17.7. The second-order valence-corrected chi connectivity index (χ2v) is 7.16. The number of nitrogen functional groups attached to an aromatic ring is 1. The van der Waals surface area contributed by atoms with Gasteiger partial charge in [0.25, 0.3) is 5.56 Å². The van der Waals surface area contributed by atoms with Crippen molar-refractivity contribution >= 4 is 33.3 Å². The molecule has 0 spiro atoms. The molecule has 5 rings (SSSR count). The highest BCUT2D eigenvalue weighted by Crippen LogP contribution is 2.33. The number of nitrogens with one attached hydrogen (secondary N) is 2. The molecular weight excluding hydrogens is 373 g/mol. The summed E-state index contributed by atoms with van der Waals surface area (Å²) in [6.45, 7) is 2.48. The van der Waals surface area contributed by atoms with Crippen LogP contribution in [-0.4, -0.2) is 41.3 Å². The molecule has 3 heterocycles. The van der Waals surface area contributed by atoms with Gasteiger partial charge in [0.15, 0.2) is 5.82 Å². The lowest BCUT2D eigenvalue weighted by Gasteiger charge is -2.23. The number of hydrogen-bond acceptors (Lipinski definition) is 5. The molecule has 1 aliphatic heterocycles. The van der Waals surface area contributed by atoms with Crippen molar-refractivity contribution in [3.05, 3.63) is 52.6 Å². The molecule has 1 fully saturated rings. The van der Waals surface area contributed by atoms with Gasteiger partial charge in [-0.05, 0) is 30.0 Å². The minimum absolute atomic E-state index is 0.0256. The minimum Gasteiger partial charge on any atom is -0.394 e. The van der Waals surface area contributed by atoms with Crippen molar-refractivity contribution in [1.82, 2.24) is 15.0 Å². The van der Waals surface area contributed by atoms with E-state index in [1.165, 1.54) is 0 Å². The third-order valence-corrected chi connectivity index (χ3v) is 5.30. The Labute approximate surface area is 165 Å². The van der Waals surface area contributed by atoms with Crippen LogP contribution in [0.2, 0.25) is 0 Å². The molecule has 8 heteroatoms. The number of nitrogens with zero attached hydrogens (tertiary/aromatic N) is 2. The number of anilines is 2. The number of rotatable bonds is 2. The average Bonchev–Trinajstić information content (AvgIpc) is 2.96. The van der Waals surface area contributed by atoms with Gasteiger partial charge in [-0.15, -0.1) is 0 Å². The quantitative estimate of drug-likeness (QED) is 0.455. The van der Waals surface area contributed by atoms with Crippen LogP contribution in [-0.2, 0) is 4.74 Å². The molecule has 1 aliphatic rings. The summed E-state index contributed by atoms with van der Waals surface area (Å²) in [6, 6.07) is 11.0. The molecule has 148 valence electrons. The van der Waals surface area contributed by atoms with Crippen LogP contribution in [0.5, 0.6) is 0 Å². The predicted octanol–water partition coefficient (Wildman–Crippen LogP) is 3.02. The molecule has 0 saturated carbocycles. The summed E-state index contributed by atoms with van der Waals surface area (Å²) in [5.74, 6) is -0.140. The summed E-state index contributed by atoms with van der Waals surface area (Å²) < 4.78 is 20.5. The van der Waals surface area contributed by atoms with E-state index >= 15 is 4.39 Å². The molecule has 4 N–H and O–H groups in total. The minimum atomic E-state index is -0.495. The Bertz CT molecular complexity index is 1270. The first-order valence-electron chi connectivity index (χ1n) is 9.54. The number of benzene rings is 2. The topological polar surface area (TPSA) is 100 Å². The van der Waals surface area contributed by atoms with Crippen molar-refractivity contribution in [3.8, 4) is 11.4 Å². The van der Waals surface area contributed by atoms with Crippen molar-refractivity contribution in [2.45, 2.75) is 6.42 Å². The number of para-hydroxylation sites is 1. The Balaban J connectivity index is 1.65. The monoisotopic (exact) mass is 393 g/mol. The van der Waals surface area contributed by atoms with Crippen molar-refractivity contribution in [3.63, 3.8) is 0 Å². The molecule has 7 nitrogen and oxygen atoms in total. The first-order chi connectivity index (χ1) is 14.1. The van der Waals surface area contributed by atoms with Gasteiger partial charge >= 0.3 is 0 Å². The smallest absolute Gasteiger partial charge is 0.259 e. The van der Waals surface area contributed by atoms with Crippen LogP contribution in [0.4, 0.5) is 15.8 Å². The highest BCUT2D eigenvalue weighted by atomic mass is 19.1. The Hall–Kier alpha value is -3.39. The lowest BCUT2D eigenvalue weighted by Crippen LogP contribution is -2.27. The fourth-order valence-corrected chi connectivity index (χ4v) is 3.81. The summed E-state index contributed by atoms with van der Waals surface area (Å²) in [5.41, 5.74) is 8.24. The van der Waals surface area contributed by atoms with Gasteiger partial charge < -0.3 is 25.3 Å². The first-order valence-corrected chi connectivity index (χ1v) is 9.54. The van der Waals surface area contributed by atoms with E-state index in [4.69, 9.17) is 10.5 Å². The van der Waals surface area contributed by atoms with Crippen LogP contribution in [0.3, 0.4) is 0 Å². The zero-order valence-corrected chi connectivity index (χ0v) is 15.7. The Kier molecular flexibility index (Phi) is 4.21. The number of hydrogen-bond donors (Lipinski definition) is 3. The predicted molar refractivity (Wildman–Crippen MR) is 112 cm³/mol. The number of aromatic nitrogens is 3. The molecule has 2 aromatic carbocycles. The third-order valence-electron chi connectivity index (χ3n) is 5.30. The molecule has 0 unspecified atom stereocenters. The van der Waals surface area contributed by atoms with Crippen LogP contribution < -0.4 is 16.2 Å². The fraction of sp³-hybridized carbons (Fsp3) is 0.238. The summed E-state index contributed by atoms with van der Waals surface area (Å²) in [7, 11) is 0. The molecule has 0 bridgehead atoms. The highest BCUT2D eigenvalue weighted by molar-refractivity contribution is 5.94. The molecule has 29 heavy (non-hydrogen) atoms. The maximum absolute atomic E-state index is 15.0. The van der Waals surface area contributed by atoms with E-state index in [1.807, 2.05) is 29.2 Å². The third kappa shape index (κ3) is 3.01. The maximum atomic E-state index is 15.0. The molecule has 0 amide bonds. The van der Waals surface area contributed by atoms with Crippen LogP contribution in [0.15, 0.2) is 41.2 Å². The van der Waals surface area contributed by atoms with E-state index in [9.17, 15) is 4.79 Å². The van der Waals surface area contributed by atoms with Gasteiger partial charge in [0.05, 0.1) is 29.1 Å². The van der Waals surface area contributed by atoms with Gasteiger partial charge in [-0.3, -0.25) is 4.79 Å². The molecule has 0 atom stereocenters. The van der Waals surface area contributed by atoms with E-state index in [0.717, 1.165) is 17.3 Å². The fourth-order valence-electron chi connectivity index (χ4n) is 3.81. The standard InChI is InChI=1S/C21H20FN5O2/c22-17-16(27-6-3-8-29-9-7-27)11-15-19(18(17)23)26-20(24-15)13-10-12-4-1-2-5-14(12)25-21(13)28/h1-2,4-5,10-11H,3,6-9,23H2,(H,24,26)(H,25,28). The van der Waals surface area contributed by atoms with Crippen molar-refractivity contribution < 1.29 is 9.13 Å². The van der Waals surface area contributed by atoms with Crippen LogP contribution in [0.25, 0.3) is 33.3 Å². The summed E-state index contributed by atoms with van der Waals surface area (Å²) in [6.07, 6.45) is 0.818. The van der Waals surface area contributed by atoms with E-state index in [1.54, 1.807) is 12.1 Å². The van der Waals surface area contributed by atoms with Crippen LogP contribution in [0.1, 0.15) is 6.42 Å². The van der Waals surface area contributed by atoms with Gasteiger partial charge in [0, 0.05) is 25.2 Å². The number of fused-ring (bicyclic) bond motifs is 2. The van der Waals surface area contributed by atoms with Gasteiger partial charge in [-0.2, -0.15) is 0 Å². The second-order valence-electron chi connectivity index (χ2n) is 7.16.